The predicted octanol–water partition coefficient (Wildman–Crippen LogP) is 4.03. The van der Waals surface area contributed by atoms with Gasteiger partial charge in [0.05, 0.1) is 19.8 Å². The zero-order valence-corrected chi connectivity index (χ0v) is 21.1. The van der Waals surface area contributed by atoms with Crippen LogP contribution in [0.2, 0.25) is 0 Å². The molecule has 1 unspecified atom stereocenters. The van der Waals surface area contributed by atoms with Crippen molar-refractivity contribution in [2.75, 3.05) is 40.3 Å². The number of guanidine groups is 1. The van der Waals surface area contributed by atoms with E-state index in [1.165, 1.54) is 32.2 Å². The SMILES string of the molecule is CCNC(=NCc1cccc(OC)c1OC1CCCC1)NCC1CCCN(C)C1.I. The molecule has 1 saturated carbocycles. The summed E-state index contributed by atoms with van der Waals surface area (Å²) < 4.78 is 11.9. The van der Waals surface area contributed by atoms with Gasteiger partial charge in [-0.3, -0.25) is 0 Å². The molecule has 1 saturated heterocycles. The summed E-state index contributed by atoms with van der Waals surface area (Å²) in [7, 11) is 3.91. The lowest BCUT2D eigenvalue weighted by Gasteiger charge is -2.30. The number of aliphatic imine (C=N–C) groups is 1. The zero-order chi connectivity index (χ0) is 20.5. The largest absolute Gasteiger partial charge is 0.493 e. The number of ether oxygens (including phenoxy) is 2. The number of nitrogens with zero attached hydrogens (tertiary/aromatic N) is 2. The van der Waals surface area contributed by atoms with E-state index in [0.717, 1.165) is 55.5 Å². The molecule has 3 rings (SSSR count). The first kappa shape index (κ1) is 25.0. The van der Waals surface area contributed by atoms with E-state index in [1.54, 1.807) is 7.11 Å². The minimum atomic E-state index is 0. The average molecular weight is 530 g/mol. The fourth-order valence-electron chi connectivity index (χ4n) is 4.34. The highest BCUT2D eigenvalue weighted by atomic mass is 127. The highest BCUT2D eigenvalue weighted by Gasteiger charge is 2.21. The quantitative estimate of drug-likeness (QED) is 0.302. The summed E-state index contributed by atoms with van der Waals surface area (Å²) in [5.74, 6) is 3.20. The van der Waals surface area contributed by atoms with Gasteiger partial charge in [-0.2, -0.15) is 0 Å². The first-order valence-electron chi connectivity index (χ1n) is 11.2. The number of methoxy groups -OCH3 is 1. The van der Waals surface area contributed by atoms with E-state index in [2.05, 4.69) is 35.6 Å². The minimum Gasteiger partial charge on any atom is -0.493 e. The topological polar surface area (TPSA) is 58.1 Å². The van der Waals surface area contributed by atoms with Crippen LogP contribution < -0.4 is 20.1 Å². The van der Waals surface area contributed by atoms with Crippen molar-refractivity contribution in [2.24, 2.45) is 10.9 Å². The highest BCUT2D eigenvalue weighted by Crippen LogP contribution is 2.35. The second-order valence-electron chi connectivity index (χ2n) is 8.32. The standard InChI is InChI=1S/C23H38N4O2.HI/c1-4-24-23(25-15-18-9-8-14-27(2)17-18)26-16-19-10-7-13-21(28-3)22(19)29-20-11-5-6-12-20;/h7,10,13,18,20H,4-6,8-9,11-12,14-17H2,1-3H3,(H2,24,25,26);1H. The molecular formula is C23H39IN4O2. The van der Waals surface area contributed by atoms with Gasteiger partial charge in [0.25, 0.3) is 0 Å². The Morgan fingerprint density at radius 2 is 1.97 bits per heavy atom. The zero-order valence-electron chi connectivity index (χ0n) is 18.8. The van der Waals surface area contributed by atoms with Crippen molar-refractivity contribution in [3.8, 4) is 11.5 Å². The number of rotatable bonds is 8. The van der Waals surface area contributed by atoms with Crippen LogP contribution in [-0.4, -0.2) is 57.3 Å². The van der Waals surface area contributed by atoms with Crippen molar-refractivity contribution < 1.29 is 9.47 Å². The molecule has 170 valence electrons. The molecule has 0 bridgehead atoms. The van der Waals surface area contributed by atoms with Crippen LogP contribution in [0.4, 0.5) is 0 Å². The second-order valence-corrected chi connectivity index (χ2v) is 8.32. The molecule has 6 nitrogen and oxygen atoms in total. The molecule has 0 amide bonds. The Bertz CT molecular complexity index is 665. The molecule has 0 aromatic heterocycles. The van der Waals surface area contributed by atoms with Gasteiger partial charge in [-0.1, -0.05) is 12.1 Å². The molecule has 0 radical (unpaired) electrons. The number of halogens is 1. The summed E-state index contributed by atoms with van der Waals surface area (Å²) >= 11 is 0. The van der Waals surface area contributed by atoms with Crippen LogP contribution >= 0.6 is 24.0 Å². The predicted molar refractivity (Wildman–Crippen MR) is 134 cm³/mol. The molecule has 2 N–H and O–H groups in total. The summed E-state index contributed by atoms with van der Waals surface area (Å²) in [4.78, 5) is 7.26. The number of hydrogen-bond acceptors (Lipinski definition) is 4. The number of likely N-dealkylation sites (tertiary alicyclic amines) is 1. The van der Waals surface area contributed by atoms with Gasteiger partial charge >= 0.3 is 0 Å². The Kier molecular flexibility index (Phi) is 11.1. The van der Waals surface area contributed by atoms with E-state index in [-0.39, 0.29) is 24.0 Å². The molecule has 2 fully saturated rings. The molecule has 7 heteroatoms. The van der Waals surface area contributed by atoms with Gasteiger partial charge in [-0.05, 0) is 71.0 Å². The summed E-state index contributed by atoms with van der Waals surface area (Å²) in [5, 5.41) is 6.92. The summed E-state index contributed by atoms with van der Waals surface area (Å²) in [6.07, 6.45) is 7.61. The molecule has 1 aromatic rings. The van der Waals surface area contributed by atoms with Crippen LogP contribution in [0.1, 0.15) is 51.0 Å². The van der Waals surface area contributed by atoms with Crippen molar-refractivity contribution in [1.82, 2.24) is 15.5 Å². The molecular weight excluding hydrogens is 491 g/mol. The van der Waals surface area contributed by atoms with Gasteiger partial charge in [-0.15, -0.1) is 24.0 Å². The van der Waals surface area contributed by atoms with E-state index in [4.69, 9.17) is 14.5 Å². The smallest absolute Gasteiger partial charge is 0.191 e. The molecule has 0 spiro atoms. The van der Waals surface area contributed by atoms with E-state index >= 15 is 0 Å². The average Bonchev–Trinajstić information content (AvgIpc) is 3.24. The van der Waals surface area contributed by atoms with Crippen molar-refractivity contribution in [3.05, 3.63) is 23.8 Å². The Morgan fingerprint density at radius 3 is 2.67 bits per heavy atom. The van der Waals surface area contributed by atoms with Crippen LogP contribution in [0.25, 0.3) is 0 Å². The van der Waals surface area contributed by atoms with E-state index in [0.29, 0.717) is 18.6 Å². The number of hydrogen-bond donors (Lipinski definition) is 2. The number of para-hydroxylation sites is 1. The Hall–Kier alpha value is -1.22. The van der Waals surface area contributed by atoms with E-state index in [1.807, 2.05) is 12.1 Å². The molecule has 1 atom stereocenters. The maximum Gasteiger partial charge on any atom is 0.191 e. The molecule has 1 aromatic carbocycles. The fraction of sp³-hybridized carbons (Fsp3) is 0.696. The lowest BCUT2D eigenvalue weighted by atomic mass is 9.99. The van der Waals surface area contributed by atoms with E-state index < -0.39 is 0 Å². The molecule has 30 heavy (non-hydrogen) atoms. The first-order chi connectivity index (χ1) is 14.2. The van der Waals surface area contributed by atoms with Crippen molar-refractivity contribution in [3.63, 3.8) is 0 Å². The van der Waals surface area contributed by atoms with E-state index in [9.17, 15) is 0 Å². The van der Waals surface area contributed by atoms with Gasteiger partial charge in [0.1, 0.15) is 0 Å². The Balaban J connectivity index is 0.00000320. The van der Waals surface area contributed by atoms with Gasteiger partial charge in [-0.25, -0.2) is 4.99 Å². The summed E-state index contributed by atoms with van der Waals surface area (Å²) in [6.45, 7) is 6.84. The second kappa shape index (κ2) is 13.2. The molecule has 1 aliphatic carbocycles. The van der Waals surface area contributed by atoms with Gasteiger partial charge < -0.3 is 25.0 Å². The Labute approximate surface area is 199 Å². The van der Waals surface area contributed by atoms with Gasteiger partial charge in [0.15, 0.2) is 17.5 Å². The van der Waals surface area contributed by atoms with Crippen molar-refractivity contribution in [1.29, 1.82) is 0 Å². The molecule has 1 aliphatic heterocycles. The summed E-state index contributed by atoms with van der Waals surface area (Å²) in [5.41, 5.74) is 1.07. The number of piperidine rings is 1. The maximum absolute atomic E-state index is 6.35. The lowest BCUT2D eigenvalue weighted by molar-refractivity contribution is 0.198. The fourth-order valence-corrected chi connectivity index (χ4v) is 4.34. The third-order valence-corrected chi connectivity index (χ3v) is 5.90. The first-order valence-corrected chi connectivity index (χ1v) is 11.2. The normalized spacial score (nSPS) is 20.5. The molecule has 1 heterocycles. The third kappa shape index (κ3) is 7.48. The van der Waals surface area contributed by atoms with Gasteiger partial charge in [0.2, 0.25) is 0 Å². The highest BCUT2D eigenvalue weighted by molar-refractivity contribution is 14.0. The number of nitrogens with one attached hydrogen (secondary N) is 2. The van der Waals surface area contributed by atoms with Crippen LogP contribution in [0.15, 0.2) is 23.2 Å². The van der Waals surface area contributed by atoms with Crippen LogP contribution in [0.5, 0.6) is 11.5 Å². The monoisotopic (exact) mass is 530 g/mol. The lowest BCUT2D eigenvalue weighted by Crippen LogP contribution is -2.43. The molecule has 2 aliphatic rings. The van der Waals surface area contributed by atoms with Crippen LogP contribution in [0, 0.1) is 5.92 Å². The Morgan fingerprint density at radius 1 is 1.17 bits per heavy atom. The minimum absolute atomic E-state index is 0. The van der Waals surface area contributed by atoms with Crippen LogP contribution in [0.3, 0.4) is 0 Å². The number of benzene rings is 1. The van der Waals surface area contributed by atoms with Gasteiger partial charge in [0, 0.05) is 25.2 Å². The van der Waals surface area contributed by atoms with Crippen LogP contribution in [-0.2, 0) is 6.54 Å². The maximum atomic E-state index is 6.35. The van der Waals surface area contributed by atoms with Crippen molar-refractivity contribution >= 4 is 29.9 Å². The summed E-state index contributed by atoms with van der Waals surface area (Å²) in [6, 6.07) is 6.08. The van der Waals surface area contributed by atoms with Crippen molar-refractivity contribution in [2.45, 2.75) is 58.1 Å². The third-order valence-electron chi connectivity index (χ3n) is 5.90.